The van der Waals surface area contributed by atoms with Gasteiger partial charge in [0.25, 0.3) is 0 Å². The molecular weight excluding hydrogens is 208 g/mol. The Balaban J connectivity index is 2.15. The van der Waals surface area contributed by atoms with Crippen LogP contribution in [-0.2, 0) is 11.3 Å². The molecule has 16 heavy (non-hydrogen) atoms. The van der Waals surface area contributed by atoms with Crippen molar-refractivity contribution >= 4 is 0 Å². The average molecular weight is 224 g/mol. The third-order valence-corrected chi connectivity index (χ3v) is 2.63. The summed E-state index contributed by atoms with van der Waals surface area (Å²) in [5.41, 5.74) is 0.771. The van der Waals surface area contributed by atoms with Crippen LogP contribution in [0.2, 0.25) is 0 Å². The van der Waals surface area contributed by atoms with Gasteiger partial charge in [-0.1, -0.05) is 0 Å². The number of ether oxygens (including phenoxy) is 3. The number of methoxy groups -OCH3 is 1. The molecule has 0 radical (unpaired) electrons. The fraction of sp³-hybridized carbons (Fsp3) is 0.500. The summed E-state index contributed by atoms with van der Waals surface area (Å²) < 4.78 is 16.1. The highest BCUT2D eigenvalue weighted by Crippen LogP contribution is 2.27. The summed E-state index contributed by atoms with van der Waals surface area (Å²) >= 11 is 0. The van der Waals surface area contributed by atoms with Crippen LogP contribution in [0.1, 0.15) is 12.0 Å². The molecule has 0 aliphatic carbocycles. The van der Waals surface area contributed by atoms with Crippen molar-refractivity contribution in [2.24, 2.45) is 0 Å². The minimum absolute atomic E-state index is 0.0348. The number of rotatable bonds is 4. The van der Waals surface area contributed by atoms with Gasteiger partial charge >= 0.3 is 0 Å². The van der Waals surface area contributed by atoms with E-state index in [4.69, 9.17) is 14.2 Å². The van der Waals surface area contributed by atoms with Crippen molar-refractivity contribution in [1.29, 1.82) is 0 Å². The molecule has 1 heterocycles. The Morgan fingerprint density at radius 2 is 2.38 bits per heavy atom. The van der Waals surface area contributed by atoms with Crippen molar-refractivity contribution in [3.8, 4) is 11.5 Å². The fourth-order valence-electron chi connectivity index (χ4n) is 1.69. The minimum atomic E-state index is -0.0348. The van der Waals surface area contributed by atoms with Crippen LogP contribution < -0.4 is 9.47 Å². The van der Waals surface area contributed by atoms with Gasteiger partial charge in [0.2, 0.25) is 0 Å². The van der Waals surface area contributed by atoms with Gasteiger partial charge in [0.15, 0.2) is 0 Å². The van der Waals surface area contributed by atoms with Gasteiger partial charge in [-0.15, -0.1) is 0 Å². The first-order chi connectivity index (χ1) is 7.83. The maximum Gasteiger partial charge on any atom is 0.129 e. The average Bonchev–Trinajstić information content (AvgIpc) is 2.82. The van der Waals surface area contributed by atoms with Gasteiger partial charge in [-0.25, -0.2) is 0 Å². The van der Waals surface area contributed by atoms with Crippen LogP contribution in [0, 0.1) is 0 Å². The topological polar surface area (TPSA) is 47.9 Å². The van der Waals surface area contributed by atoms with Gasteiger partial charge in [-0.05, 0) is 12.1 Å². The summed E-state index contributed by atoms with van der Waals surface area (Å²) in [7, 11) is 1.61. The van der Waals surface area contributed by atoms with E-state index >= 15 is 0 Å². The second kappa shape index (κ2) is 5.18. The molecule has 1 aromatic carbocycles. The molecule has 0 bridgehead atoms. The highest BCUT2D eigenvalue weighted by molar-refractivity contribution is 5.40. The molecule has 1 aliphatic heterocycles. The van der Waals surface area contributed by atoms with Crippen LogP contribution in [0.4, 0.5) is 0 Å². The maximum atomic E-state index is 9.20. The first-order valence-corrected chi connectivity index (χ1v) is 5.35. The quantitative estimate of drug-likeness (QED) is 0.838. The fourth-order valence-corrected chi connectivity index (χ4v) is 1.69. The first-order valence-electron chi connectivity index (χ1n) is 5.35. The predicted molar refractivity (Wildman–Crippen MR) is 58.8 cm³/mol. The van der Waals surface area contributed by atoms with E-state index in [0.717, 1.165) is 24.3 Å². The zero-order valence-corrected chi connectivity index (χ0v) is 9.31. The smallest absolute Gasteiger partial charge is 0.129 e. The molecule has 1 atom stereocenters. The molecule has 0 amide bonds. The van der Waals surface area contributed by atoms with Gasteiger partial charge in [0.05, 0.1) is 26.9 Å². The first kappa shape index (κ1) is 11.2. The summed E-state index contributed by atoms with van der Waals surface area (Å²) in [4.78, 5) is 0. The Bertz CT molecular complexity index is 345. The van der Waals surface area contributed by atoms with Crippen LogP contribution in [0.5, 0.6) is 11.5 Å². The molecule has 4 heteroatoms. The molecule has 4 nitrogen and oxygen atoms in total. The molecular formula is C12H16O4. The van der Waals surface area contributed by atoms with Crippen molar-refractivity contribution in [1.82, 2.24) is 0 Å². The molecule has 1 saturated heterocycles. The molecule has 1 aliphatic rings. The Labute approximate surface area is 94.8 Å². The van der Waals surface area contributed by atoms with Crippen molar-refractivity contribution in [3.63, 3.8) is 0 Å². The van der Waals surface area contributed by atoms with E-state index in [2.05, 4.69) is 0 Å². The van der Waals surface area contributed by atoms with E-state index in [-0.39, 0.29) is 12.7 Å². The van der Waals surface area contributed by atoms with E-state index in [1.54, 1.807) is 13.2 Å². The van der Waals surface area contributed by atoms with Crippen molar-refractivity contribution < 1.29 is 19.3 Å². The van der Waals surface area contributed by atoms with Crippen molar-refractivity contribution in [3.05, 3.63) is 23.8 Å². The van der Waals surface area contributed by atoms with Gasteiger partial charge in [-0.2, -0.15) is 0 Å². The Hall–Kier alpha value is -1.26. The number of hydrogen-bond donors (Lipinski definition) is 1. The summed E-state index contributed by atoms with van der Waals surface area (Å²) in [5.74, 6) is 1.41. The molecule has 1 fully saturated rings. The summed E-state index contributed by atoms with van der Waals surface area (Å²) in [6, 6.07) is 5.41. The standard InChI is InChI=1S/C12H16O4/c1-14-10-3-2-9(7-13)12(6-10)16-11-4-5-15-8-11/h2-3,6,11,13H,4-5,7-8H2,1H3. The summed E-state index contributed by atoms with van der Waals surface area (Å²) in [5, 5.41) is 9.20. The lowest BCUT2D eigenvalue weighted by molar-refractivity contribution is 0.138. The SMILES string of the molecule is COc1ccc(CO)c(OC2CCOC2)c1. The van der Waals surface area contributed by atoms with Crippen LogP contribution in [0.3, 0.4) is 0 Å². The Kier molecular flexibility index (Phi) is 3.64. The van der Waals surface area contributed by atoms with E-state index in [1.165, 1.54) is 0 Å². The predicted octanol–water partition coefficient (Wildman–Crippen LogP) is 1.36. The largest absolute Gasteiger partial charge is 0.497 e. The van der Waals surface area contributed by atoms with E-state index in [9.17, 15) is 5.11 Å². The monoisotopic (exact) mass is 224 g/mol. The lowest BCUT2D eigenvalue weighted by atomic mass is 10.2. The van der Waals surface area contributed by atoms with Gasteiger partial charge in [-0.3, -0.25) is 0 Å². The molecule has 2 rings (SSSR count). The van der Waals surface area contributed by atoms with Crippen LogP contribution >= 0.6 is 0 Å². The molecule has 1 N–H and O–H groups in total. The second-order valence-electron chi connectivity index (χ2n) is 3.74. The molecule has 1 aromatic rings. The third-order valence-electron chi connectivity index (χ3n) is 2.63. The van der Waals surface area contributed by atoms with Crippen LogP contribution in [-0.4, -0.2) is 31.5 Å². The van der Waals surface area contributed by atoms with Gasteiger partial charge in [0, 0.05) is 18.1 Å². The van der Waals surface area contributed by atoms with Crippen LogP contribution in [0.25, 0.3) is 0 Å². The zero-order valence-electron chi connectivity index (χ0n) is 9.31. The molecule has 0 aromatic heterocycles. The zero-order chi connectivity index (χ0) is 11.4. The lowest BCUT2D eigenvalue weighted by Gasteiger charge is -2.15. The van der Waals surface area contributed by atoms with Gasteiger partial charge < -0.3 is 19.3 Å². The maximum absolute atomic E-state index is 9.20. The highest BCUT2D eigenvalue weighted by atomic mass is 16.5. The number of hydrogen-bond acceptors (Lipinski definition) is 4. The van der Waals surface area contributed by atoms with Crippen molar-refractivity contribution in [2.75, 3.05) is 20.3 Å². The van der Waals surface area contributed by atoms with Gasteiger partial charge in [0.1, 0.15) is 17.6 Å². The second-order valence-corrected chi connectivity index (χ2v) is 3.74. The third kappa shape index (κ3) is 2.46. The normalized spacial score (nSPS) is 19.8. The van der Waals surface area contributed by atoms with E-state index < -0.39 is 0 Å². The number of aliphatic hydroxyl groups is 1. The van der Waals surface area contributed by atoms with E-state index in [0.29, 0.717) is 12.4 Å². The van der Waals surface area contributed by atoms with Crippen LogP contribution in [0.15, 0.2) is 18.2 Å². The minimum Gasteiger partial charge on any atom is -0.497 e. The Morgan fingerprint density at radius 3 is 3.00 bits per heavy atom. The number of benzene rings is 1. The molecule has 0 saturated carbocycles. The summed E-state index contributed by atoms with van der Waals surface area (Å²) in [6.07, 6.45) is 0.972. The van der Waals surface area contributed by atoms with Crippen molar-refractivity contribution in [2.45, 2.75) is 19.1 Å². The number of aliphatic hydroxyl groups excluding tert-OH is 1. The lowest BCUT2D eigenvalue weighted by Crippen LogP contribution is -2.16. The molecule has 88 valence electrons. The highest BCUT2D eigenvalue weighted by Gasteiger charge is 2.18. The molecule has 1 unspecified atom stereocenters. The molecule has 0 spiro atoms. The Morgan fingerprint density at radius 1 is 1.50 bits per heavy atom. The summed E-state index contributed by atoms with van der Waals surface area (Å²) in [6.45, 7) is 1.32. The van der Waals surface area contributed by atoms with E-state index in [1.807, 2.05) is 12.1 Å².